The summed E-state index contributed by atoms with van der Waals surface area (Å²) in [7, 11) is 1.61. The molecule has 8 heteroatoms. The van der Waals surface area contributed by atoms with Crippen molar-refractivity contribution in [1.29, 1.82) is 0 Å². The first-order chi connectivity index (χ1) is 16.2. The van der Waals surface area contributed by atoms with Crippen LogP contribution in [0, 0.1) is 0 Å². The summed E-state index contributed by atoms with van der Waals surface area (Å²) < 4.78 is 21.8. The monoisotopic (exact) mass is 445 g/mol. The second kappa shape index (κ2) is 10.3. The predicted molar refractivity (Wildman–Crippen MR) is 123 cm³/mol. The number of rotatable bonds is 9. The van der Waals surface area contributed by atoms with E-state index in [9.17, 15) is 4.79 Å². The highest BCUT2D eigenvalue weighted by molar-refractivity contribution is 5.93. The fourth-order valence-electron chi connectivity index (χ4n) is 3.10. The molecule has 0 unspecified atom stereocenters. The Labute approximate surface area is 191 Å². The number of para-hydroxylation sites is 2. The van der Waals surface area contributed by atoms with Crippen molar-refractivity contribution in [3.8, 4) is 40.1 Å². The summed E-state index contributed by atoms with van der Waals surface area (Å²) in [4.78, 5) is 16.8. The van der Waals surface area contributed by atoms with Gasteiger partial charge in [0, 0.05) is 11.1 Å². The maximum atomic E-state index is 12.4. The lowest BCUT2D eigenvalue weighted by atomic mass is 10.2. The van der Waals surface area contributed by atoms with E-state index in [0.717, 1.165) is 11.3 Å². The highest BCUT2D eigenvalue weighted by atomic mass is 16.5. The van der Waals surface area contributed by atoms with E-state index in [4.69, 9.17) is 18.7 Å². The Kier molecular flexibility index (Phi) is 6.84. The molecule has 4 aromatic rings. The first-order valence-electron chi connectivity index (χ1n) is 10.4. The number of amides is 1. The van der Waals surface area contributed by atoms with Crippen LogP contribution in [-0.4, -0.2) is 36.4 Å². The van der Waals surface area contributed by atoms with Crippen LogP contribution >= 0.6 is 0 Å². The lowest BCUT2D eigenvalue weighted by Crippen LogP contribution is -2.20. The zero-order chi connectivity index (χ0) is 23.0. The zero-order valence-corrected chi connectivity index (χ0v) is 18.3. The van der Waals surface area contributed by atoms with E-state index in [-0.39, 0.29) is 12.5 Å². The largest absolute Gasteiger partial charge is 0.497 e. The Bertz CT molecular complexity index is 1220. The van der Waals surface area contributed by atoms with Gasteiger partial charge in [-0.2, -0.15) is 4.98 Å². The Morgan fingerprint density at radius 1 is 0.939 bits per heavy atom. The summed E-state index contributed by atoms with van der Waals surface area (Å²) in [5.74, 6) is 2.38. The number of nitrogens with zero attached hydrogens (tertiary/aromatic N) is 2. The molecule has 0 aliphatic carbocycles. The number of benzene rings is 3. The Morgan fingerprint density at radius 2 is 1.76 bits per heavy atom. The van der Waals surface area contributed by atoms with Gasteiger partial charge in [-0.1, -0.05) is 23.4 Å². The summed E-state index contributed by atoms with van der Waals surface area (Å²) in [6, 6.07) is 21.7. The molecule has 0 fully saturated rings. The van der Waals surface area contributed by atoms with Gasteiger partial charge in [-0.15, -0.1) is 0 Å². The molecular weight excluding hydrogens is 422 g/mol. The first kappa shape index (κ1) is 21.9. The third kappa shape index (κ3) is 5.48. The van der Waals surface area contributed by atoms with Gasteiger partial charge in [0.1, 0.15) is 17.2 Å². The van der Waals surface area contributed by atoms with Crippen LogP contribution in [-0.2, 0) is 4.79 Å². The molecule has 1 heterocycles. The number of carbonyl (C=O) groups is 1. The van der Waals surface area contributed by atoms with Gasteiger partial charge in [-0.05, 0) is 61.5 Å². The van der Waals surface area contributed by atoms with Crippen molar-refractivity contribution in [1.82, 2.24) is 10.1 Å². The predicted octanol–water partition coefficient (Wildman–Crippen LogP) is 4.83. The molecule has 1 aromatic heterocycles. The second-order valence-corrected chi connectivity index (χ2v) is 6.95. The molecule has 0 atom stereocenters. The van der Waals surface area contributed by atoms with Gasteiger partial charge in [0.15, 0.2) is 6.61 Å². The van der Waals surface area contributed by atoms with Crippen LogP contribution in [0.2, 0.25) is 0 Å². The highest BCUT2D eigenvalue weighted by Gasteiger charge is 2.13. The number of ether oxygens (including phenoxy) is 3. The third-order valence-corrected chi connectivity index (χ3v) is 4.69. The van der Waals surface area contributed by atoms with E-state index >= 15 is 0 Å². The Morgan fingerprint density at radius 3 is 2.55 bits per heavy atom. The average Bonchev–Trinajstić information content (AvgIpc) is 3.35. The van der Waals surface area contributed by atoms with Crippen molar-refractivity contribution in [2.24, 2.45) is 0 Å². The van der Waals surface area contributed by atoms with Crippen molar-refractivity contribution in [3.63, 3.8) is 0 Å². The van der Waals surface area contributed by atoms with Crippen molar-refractivity contribution in [2.45, 2.75) is 6.92 Å². The maximum Gasteiger partial charge on any atom is 0.262 e. The highest BCUT2D eigenvalue weighted by Crippen LogP contribution is 2.27. The fraction of sp³-hybridized carbons (Fsp3) is 0.160. The van der Waals surface area contributed by atoms with Crippen LogP contribution in [0.15, 0.2) is 77.3 Å². The molecule has 0 spiro atoms. The Balaban J connectivity index is 1.40. The average molecular weight is 445 g/mol. The number of carbonyl (C=O) groups excluding carboxylic acids is 1. The van der Waals surface area contributed by atoms with Gasteiger partial charge in [0.2, 0.25) is 5.82 Å². The standard InChI is InChI=1S/C25H23N3O5/c1-3-31-22-10-5-4-9-21(22)26-23(29)16-32-20-8-6-7-18(15-20)25-27-24(28-33-25)17-11-13-19(30-2)14-12-17/h4-15H,3,16H2,1-2H3,(H,26,29). The third-order valence-electron chi connectivity index (χ3n) is 4.69. The molecule has 0 saturated carbocycles. The van der Waals surface area contributed by atoms with E-state index in [1.807, 2.05) is 49.4 Å². The smallest absolute Gasteiger partial charge is 0.262 e. The lowest BCUT2D eigenvalue weighted by molar-refractivity contribution is -0.118. The molecule has 168 valence electrons. The molecule has 0 radical (unpaired) electrons. The molecule has 8 nitrogen and oxygen atoms in total. The zero-order valence-electron chi connectivity index (χ0n) is 18.3. The van der Waals surface area contributed by atoms with Crippen LogP contribution in [0.25, 0.3) is 22.8 Å². The molecular formula is C25H23N3O5. The van der Waals surface area contributed by atoms with Gasteiger partial charge >= 0.3 is 0 Å². The van der Waals surface area contributed by atoms with Crippen molar-refractivity contribution >= 4 is 11.6 Å². The maximum absolute atomic E-state index is 12.4. The summed E-state index contributed by atoms with van der Waals surface area (Å²) in [5.41, 5.74) is 2.09. The van der Waals surface area contributed by atoms with Crippen LogP contribution in [0.3, 0.4) is 0 Å². The van der Waals surface area contributed by atoms with Crippen LogP contribution in [0.1, 0.15) is 6.92 Å². The van der Waals surface area contributed by atoms with Crippen molar-refractivity contribution < 1.29 is 23.5 Å². The van der Waals surface area contributed by atoms with Gasteiger partial charge in [0.25, 0.3) is 11.8 Å². The minimum absolute atomic E-state index is 0.162. The second-order valence-electron chi connectivity index (χ2n) is 6.95. The number of aromatic nitrogens is 2. The fourth-order valence-corrected chi connectivity index (χ4v) is 3.10. The molecule has 33 heavy (non-hydrogen) atoms. The summed E-state index contributed by atoms with van der Waals surface area (Å²) in [5, 5.41) is 6.85. The Hall–Kier alpha value is -4.33. The van der Waals surface area contributed by atoms with Gasteiger partial charge < -0.3 is 24.1 Å². The van der Waals surface area contributed by atoms with Crippen molar-refractivity contribution in [2.75, 3.05) is 25.6 Å². The molecule has 0 aliphatic rings. The van der Waals surface area contributed by atoms with Crippen LogP contribution in [0.5, 0.6) is 17.2 Å². The van der Waals surface area contributed by atoms with Gasteiger partial charge in [-0.3, -0.25) is 4.79 Å². The van der Waals surface area contributed by atoms with Crippen molar-refractivity contribution in [3.05, 3.63) is 72.8 Å². The number of hydrogen-bond donors (Lipinski definition) is 1. The van der Waals surface area contributed by atoms with E-state index in [2.05, 4.69) is 15.5 Å². The van der Waals surface area contributed by atoms with Crippen LogP contribution in [0.4, 0.5) is 5.69 Å². The first-order valence-corrected chi connectivity index (χ1v) is 10.4. The lowest BCUT2D eigenvalue weighted by Gasteiger charge is -2.12. The topological polar surface area (TPSA) is 95.7 Å². The van der Waals surface area contributed by atoms with E-state index in [1.54, 1.807) is 37.4 Å². The molecule has 3 aromatic carbocycles. The van der Waals surface area contributed by atoms with E-state index < -0.39 is 0 Å². The number of anilines is 1. The van der Waals surface area contributed by atoms with E-state index in [1.165, 1.54) is 0 Å². The SMILES string of the molecule is CCOc1ccccc1NC(=O)COc1cccc(-c2nc(-c3ccc(OC)cc3)no2)c1. The summed E-state index contributed by atoms with van der Waals surface area (Å²) >= 11 is 0. The van der Waals surface area contributed by atoms with E-state index in [0.29, 0.717) is 41.1 Å². The minimum Gasteiger partial charge on any atom is -0.497 e. The molecule has 4 rings (SSSR count). The van der Waals surface area contributed by atoms with Gasteiger partial charge in [0.05, 0.1) is 19.4 Å². The van der Waals surface area contributed by atoms with Crippen LogP contribution < -0.4 is 19.5 Å². The number of nitrogens with one attached hydrogen (secondary N) is 1. The number of hydrogen-bond acceptors (Lipinski definition) is 7. The molecule has 0 aliphatic heterocycles. The summed E-state index contributed by atoms with van der Waals surface area (Å²) in [6.45, 7) is 2.23. The normalized spacial score (nSPS) is 10.5. The molecule has 0 bridgehead atoms. The molecule has 1 N–H and O–H groups in total. The minimum atomic E-state index is -0.299. The molecule has 1 amide bonds. The summed E-state index contributed by atoms with van der Waals surface area (Å²) in [6.07, 6.45) is 0. The molecule has 0 saturated heterocycles. The van der Waals surface area contributed by atoms with Gasteiger partial charge in [-0.25, -0.2) is 0 Å². The quantitative estimate of drug-likeness (QED) is 0.394. The number of methoxy groups -OCH3 is 1.